The van der Waals surface area contributed by atoms with E-state index in [9.17, 15) is 14.9 Å². The fourth-order valence-corrected chi connectivity index (χ4v) is 4.77. The lowest BCUT2D eigenvalue weighted by atomic mass is 9.93. The summed E-state index contributed by atoms with van der Waals surface area (Å²) in [6, 6.07) is 25.0. The van der Waals surface area contributed by atoms with Crippen LogP contribution >= 0.6 is 0 Å². The summed E-state index contributed by atoms with van der Waals surface area (Å²) < 4.78 is 12.3. The number of hydrogen-bond acceptors (Lipinski definition) is 6. The molecule has 0 amide bonds. The quantitative estimate of drug-likeness (QED) is 0.344. The van der Waals surface area contributed by atoms with Crippen LogP contribution < -0.4 is 0 Å². The molecule has 32 heavy (non-hydrogen) atoms. The Bertz CT molecular complexity index is 1140. The summed E-state index contributed by atoms with van der Waals surface area (Å²) in [6.45, 7) is 2.19. The lowest BCUT2D eigenvalue weighted by Gasteiger charge is -2.44. The first-order valence-corrected chi connectivity index (χ1v) is 10.5. The van der Waals surface area contributed by atoms with Crippen molar-refractivity contribution in [3.63, 3.8) is 0 Å². The first kappa shape index (κ1) is 20.4. The van der Waals surface area contributed by atoms with Gasteiger partial charge in [0.15, 0.2) is 0 Å². The van der Waals surface area contributed by atoms with Gasteiger partial charge in [0.2, 0.25) is 0 Å². The molecule has 2 aliphatic heterocycles. The molecule has 3 aromatic carbocycles. The molecule has 7 nitrogen and oxygen atoms in total. The number of rotatable bonds is 4. The van der Waals surface area contributed by atoms with E-state index in [1.807, 2.05) is 67.6 Å². The van der Waals surface area contributed by atoms with Gasteiger partial charge in [0.1, 0.15) is 24.5 Å². The monoisotopic (exact) mass is 430 g/mol. The highest BCUT2D eigenvalue weighted by Crippen LogP contribution is 2.52. The summed E-state index contributed by atoms with van der Waals surface area (Å²) in [5.41, 5.74) is 1.72. The molecule has 2 aliphatic rings. The van der Waals surface area contributed by atoms with E-state index in [1.165, 1.54) is 12.1 Å². The molecule has 0 saturated carbocycles. The van der Waals surface area contributed by atoms with Gasteiger partial charge in [-0.1, -0.05) is 60.7 Å². The van der Waals surface area contributed by atoms with E-state index in [1.54, 1.807) is 12.1 Å². The number of carbonyl (C=O) groups excluding carboxylic acids is 1. The number of nitro groups is 1. The van der Waals surface area contributed by atoms with Crippen molar-refractivity contribution < 1.29 is 19.2 Å². The van der Waals surface area contributed by atoms with E-state index < -0.39 is 22.8 Å². The van der Waals surface area contributed by atoms with Crippen LogP contribution in [0.1, 0.15) is 35.8 Å². The van der Waals surface area contributed by atoms with Crippen LogP contribution in [0.15, 0.2) is 84.9 Å². The molecule has 0 N–H and O–H groups in total. The van der Waals surface area contributed by atoms with Crippen molar-refractivity contribution in [2.45, 2.75) is 30.8 Å². The zero-order valence-corrected chi connectivity index (χ0v) is 17.5. The second-order valence-corrected chi connectivity index (χ2v) is 8.14. The van der Waals surface area contributed by atoms with Gasteiger partial charge in [-0.15, -0.1) is 0 Å². The van der Waals surface area contributed by atoms with Gasteiger partial charge in [-0.05, 0) is 35.7 Å². The third-order valence-electron chi connectivity index (χ3n) is 6.32. The van der Waals surface area contributed by atoms with Crippen molar-refractivity contribution in [1.82, 2.24) is 4.90 Å². The van der Waals surface area contributed by atoms with E-state index >= 15 is 0 Å². The van der Waals surface area contributed by atoms with Crippen LogP contribution in [0.3, 0.4) is 0 Å². The fourth-order valence-electron chi connectivity index (χ4n) is 4.77. The Kier molecular flexibility index (Phi) is 5.00. The Morgan fingerprint density at radius 3 is 2.19 bits per heavy atom. The van der Waals surface area contributed by atoms with Crippen molar-refractivity contribution in [1.29, 1.82) is 0 Å². The van der Waals surface area contributed by atoms with Crippen molar-refractivity contribution in [2.24, 2.45) is 0 Å². The third kappa shape index (κ3) is 3.26. The van der Waals surface area contributed by atoms with E-state index in [-0.39, 0.29) is 24.3 Å². The number of ether oxygens (including phenoxy) is 2. The first-order chi connectivity index (χ1) is 15.5. The summed E-state index contributed by atoms with van der Waals surface area (Å²) in [7, 11) is 0. The van der Waals surface area contributed by atoms with Crippen molar-refractivity contribution in [2.75, 3.05) is 6.61 Å². The second-order valence-electron chi connectivity index (χ2n) is 8.14. The molecule has 0 unspecified atom stereocenters. The molecule has 162 valence electrons. The normalized spacial score (nSPS) is 27.5. The standard InChI is InChI=1S/C25H22N2O5/c1-25(19-10-6-3-7-11-19)26-21(17-8-4-2-5-9-17)16-31-24(28)22(26)23(32-25)18-12-14-20(15-13-18)27(29)30/h2-15,21-23H,16H2,1H3/t21-,22+,23-,25-/m1/s1. The molecule has 4 atom stereocenters. The number of morpholine rings is 1. The van der Waals surface area contributed by atoms with Crippen LogP contribution in [-0.4, -0.2) is 28.4 Å². The van der Waals surface area contributed by atoms with Gasteiger partial charge in [-0.25, -0.2) is 4.90 Å². The lowest BCUT2D eigenvalue weighted by Crippen LogP contribution is -2.54. The van der Waals surface area contributed by atoms with Gasteiger partial charge in [-0.3, -0.25) is 14.9 Å². The maximum Gasteiger partial charge on any atom is 0.326 e. The summed E-state index contributed by atoms with van der Waals surface area (Å²) in [4.78, 5) is 25.8. The number of carbonyl (C=O) groups is 1. The van der Waals surface area contributed by atoms with Crippen molar-refractivity contribution in [3.05, 3.63) is 112 Å². The number of nitrogens with zero attached hydrogens (tertiary/aromatic N) is 2. The predicted molar refractivity (Wildman–Crippen MR) is 116 cm³/mol. The SMILES string of the molecule is C[C@]1(c2ccccc2)O[C@H](c2ccc([N+](=O)[O-])cc2)[C@H]2C(=O)OC[C@H](c3ccccc3)N21. The highest BCUT2D eigenvalue weighted by molar-refractivity contribution is 5.78. The molecule has 3 aromatic rings. The van der Waals surface area contributed by atoms with Crippen LogP contribution in [0.5, 0.6) is 0 Å². The maximum absolute atomic E-state index is 13.1. The lowest BCUT2D eigenvalue weighted by molar-refractivity contribution is -0.384. The van der Waals surface area contributed by atoms with Gasteiger partial charge in [0, 0.05) is 12.1 Å². The van der Waals surface area contributed by atoms with E-state index in [4.69, 9.17) is 9.47 Å². The first-order valence-electron chi connectivity index (χ1n) is 10.5. The van der Waals surface area contributed by atoms with Gasteiger partial charge in [-0.2, -0.15) is 0 Å². The van der Waals surface area contributed by atoms with Gasteiger partial charge >= 0.3 is 5.97 Å². The highest BCUT2D eigenvalue weighted by atomic mass is 16.6. The van der Waals surface area contributed by atoms with E-state index in [0.717, 1.165) is 11.1 Å². The molecule has 2 fully saturated rings. The average Bonchev–Trinajstić information content (AvgIpc) is 3.16. The molecule has 0 aliphatic carbocycles. The fraction of sp³-hybridized carbons (Fsp3) is 0.240. The minimum atomic E-state index is -0.904. The van der Waals surface area contributed by atoms with Crippen LogP contribution in [0.4, 0.5) is 5.69 Å². The van der Waals surface area contributed by atoms with Crippen molar-refractivity contribution >= 4 is 11.7 Å². The van der Waals surface area contributed by atoms with Gasteiger partial charge in [0.25, 0.3) is 5.69 Å². The Labute approximate surface area is 185 Å². The molecule has 2 saturated heterocycles. The number of hydrogen-bond donors (Lipinski definition) is 0. The number of non-ortho nitro benzene ring substituents is 1. The Hall–Kier alpha value is -3.55. The molecule has 2 heterocycles. The largest absolute Gasteiger partial charge is 0.462 e. The molecular weight excluding hydrogens is 408 g/mol. The highest BCUT2D eigenvalue weighted by Gasteiger charge is 2.59. The predicted octanol–water partition coefficient (Wildman–Crippen LogP) is 4.51. The zero-order chi connectivity index (χ0) is 22.3. The number of esters is 1. The molecule has 0 spiro atoms. The van der Waals surface area contributed by atoms with Crippen molar-refractivity contribution in [3.8, 4) is 0 Å². The van der Waals surface area contributed by atoms with E-state index in [0.29, 0.717) is 5.56 Å². The van der Waals surface area contributed by atoms with Crippen LogP contribution in [0, 0.1) is 10.1 Å². The van der Waals surface area contributed by atoms with E-state index in [2.05, 4.69) is 4.90 Å². The van der Waals surface area contributed by atoms with Gasteiger partial charge in [0.05, 0.1) is 11.0 Å². The zero-order valence-electron chi connectivity index (χ0n) is 17.5. The molecule has 0 radical (unpaired) electrons. The molecule has 7 heteroatoms. The topological polar surface area (TPSA) is 81.9 Å². The number of fused-ring (bicyclic) bond motifs is 1. The third-order valence-corrected chi connectivity index (χ3v) is 6.32. The molecular formula is C25H22N2O5. The average molecular weight is 430 g/mol. The number of nitro benzene ring substituents is 1. The summed E-state index contributed by atoms with van der Waals surface area (Å²) >= 11 is 0. The van der Waals surface area contributed by atoms with Crippen LogP contribution in [0.25, 0.3) is 0 Å². The maximum atomic E-state index is 13.1. The summed E-state index contributed by atoms with van der Waals surface area (Å²) in [5.74, 6) is -0.361. The number of benzene rings is 3. The summed E-state index contributed by atoms with van der Waals surface area (Å²) in [5, 5.41) is 11.1. The van der Waals surface area contributed by atoms with Crippen LogP contribution in [0.2, 0.25) is 0 Å². The minimum Gasteiger partial charge on any atom is -0.462 e. The van der Waals surface area contributed by atoms with Gasteiger partial charge < -0.3 is 9.47 Å². The Balaban J connectivity index is 1.63. The Morgan fingerprint density at radius 1 is 0.938 bits per heavy atom. The molecule has 0 aromatic heterocycles. The second kappa shape index (κ2) is 7.85. The molecule has 0 bridgehead atoms. The smallest absolute Gasteiger partial charge is 0.326 e. The minimum absolute atomic E-state index is 0.0113. The van der Waals surface area contributed by atoms with Crippen LogP contribution in [-0.2, 0) is 20.0 Å². The molecule has 5 rings (SSSR count). The summed E-state index contributed by atoms with van der Waals surface area (Å²) in [6.07, 6.45) is -0.639. The number of cyclic esters (lactones) is 1. The Morgan fingerprint density at radius 2 is 1.56 bits per heavy atom.